The van der Waals surface area contributed by atoms with E-state index < -0.39 is 5.60 Å². The van der Waals surface area contributed by atoms with Crippen LogP contribution >= 0.6 is 0 Å². The van der Waals surface area contributed by atoms with Gasteiger partial charge in [0.2, 0.25) is 5.91 Å². The van der Waals surface area contributed by atoms with E-state index in [-0.39, 0.29) is 11.3 Å². The van der Waals surface area contributed by atoms with Crippen LogP contribution in [-0.4, -0.2) is 52.8 Å². The minimum absolute atomic E-state index is 0.118. The molecule has 3 heterocycles. The molecule has 5 rings (SSSR count). The standard InChI is InChI=1S/C26H34N4O2/c1-17(2)18-7-9-21(10-8-18)26(32,25(3)15-29(4)16-25)22-12-23(28-27-13-22)30-14-20(11-24(30)31)19-5-6-19/h7-10,12-13,17,19-20,32H,5-6,11,14-16H2,1-4H3/t20?,26-/m0/s1. The average molecular weight is 435 g/mol. The number of aliphatic hydroxyl groups is 1. The summed E-state index contributed by atoms with van der Waals surface area (Å²) in [5.41, 5.74) is 1.22. The number of anilines is 1. The molecule has 32 heavy (non-hydrogen) atoms. The Labute approximate surface area is 190 Å². The van der Waals surface area contributed by atoms with E-state index in [9.17, 15) is 9.90 Å². The molecule has 1 aliphatic carbocycles. The molecule has 2 atom stereocenters. The van der Waals surface area contributed by atoms with Crippen LogP contribution in [0.5, 0.6) is 0 Å². The van der Waals surface area contributed by atoms with Gasteiger partial charge in [0.1, 0.15) is 5.60 Å². The van der Waals surface area contributed by atoms with Crippen LogP contribution in [-0.2, 0) is 10.4 Å². The number of nitrogens with zero attached hydrogens (tertiary/aromatic N) is 4. The molecular weight excluding hydrogens is 400 g/mol. The lowest BCUT2D eigenvalue weighted by Crippen LogP contribution is -2.63. The predicted molar refractivity (Wildman–Crippen MR) is 124 cm³/mol. The van der Waals surface area contributed by atoms with E-state index in [4.69, 9.17) is 0 Å². The molecular formula is C26H34N4O2. The highest BCUT2D eigenvalue weighted by molar-refractivity contribution is 5.94. The van der Waals surface area contributed by atoms with E-state index in [1.165, 1.54) is 18.4 Å². The monoisotopic (exact) mass is 434 g/mol. The van der Waals surface area contributed by atoms with Gasteiger partial charge in [-0.15, -0.1) is 5.10 Å². The number of carbonyl (C=O) groups excluding carboxylic acids is 1. The number of carbonyl (C=O) groups is 1. The SMILES string of the molecule is CC(C)c1ccc([C@](O)(c2cnnc(N3CC(C4CC4)CC3=O)c2)C2(C)CN(C)C2)cc1. The predicted octanol–water partition coefficient (Wildman–Crippen LogP) is 3.55. The second-order valence-electron chi connectivity index (χ2n) is 10.8. The van der Waals surface area contributed by atoms with E-state index >= 15 is 0 Å². The van der Waals surface area contributed by atoms with Gasteiger partial charge in [0.25, 0.3) is 0 Å². The smallest absolute Gasteiger partial charge is 0.228 e. The molecule has 170 valence electrons. The Morgan fingerprint density at radius 2 is 1.81 bits per heavy atom. The Kier molecular flexibility index (Phi) is 5.13. The minimum atomic E-state index is -1.22. The fourth-order valence-corrected chi connectivity index (χ4v) is 5.87. The Morgan fingerprint density at radius 1 is 1.12 bits per heavy atom. The second kappa shape index (κ2) is 7.63. The first-order valence-electron chi connectivity index (χ1n) is 11.9. The van der Waals surface area contributed by atoms with Crippen LogP contribution in [0.1, 0.15) is 62.6 Å². The minimum Gasteiger partial charge on any atom is -0.380 e. The van der Waals surface area contributed by atoms with Gasteiger partial charge in [-0.3, -0.25) is 9.69 Å². The molecule has 1 unspecified atom stereocenters. The number of rotatable bonds is 6. The van der Waals surface area contributed by atoms with E-state index in [0.717, 1.165) is 18.7 Å². The van der Waals surface area contributed by atoms with Crippen LogP contribution in [0.25, 0.3) is 0 Å². The topological polar surface area (TPSA) is 69.6 Å². The van der Waals surface area contributed by atoms with Crippen LogP contribution in [0.15, 0.2) is 36.5 Å². The maximum absolute atomic E-state index is 12.7. The molecule has 0 radical (unpaired) electrons. The third-order valence-corrected chi connectivity index (χ3v) is 7.89. The molecule has 1 amide bonds. The molecule has 1 saturated carbocycles. The number of aromatic nitrogens is 2. The summed E-state index contributed by atoms with van der Waals surface area (Å²) in [5.74, 6) is 2.21. The second-order valence-corrected chi connectivity index (χ2v) is 10.8. The summed E-state index contributed by atoms with van der Waals surface area (Å²) < 4.78 is 0. The molecule has 1 aromatic heterocycles. The highest BCUT2D eigenvalue weighted by atomic mass is 16.3. The van der Waals surface area contributed by atoms with E-state index in [2.05, 4.69) is 55.0 Å². The molecule has 6 nitrogen and oxygen atoms in total. The number of hydrogen-bond acceptors (Lipinski definition) is 5. The van der Waals surface area contributed by atoms with E-state index in [1.54, 1.807) is 11.1 Å². The van der Waals surface area contributed by atoms with Crippen molar-refractivity contribution in [2.24, 2.45) is 17.3 Å². The van der Waals surface area contributed by atoms with Crippen molar-refractivity contribution < 1.29 is 9.90 Å². The van der Waals surface area contributed by atoms with Crippen LogP contribution in [0, 0.1) is 17.3 Å². The normalized spacial score (nSPS) is 25.1. The van der Waals surface area contributed by atoms with Crippen molar-refractivity contribution in [3.05, 3.63) is 53.2 Å². The molecule has 2 saturated heterocycles. The maximum Gasteiger partial charge on any atom is 0.228 e. The zero-order valence-corrected chi connectivity index (χ0v) is 19.6. The highest BCUT2D eigenvalue weighted by Crippen LogP contribution is 2.50. The summed E-state index contributed by atoms with van der Waals surface area (Å²) in [7, 11) is 2.07. The van der Waals surface area contributed by atoms with Crippen molar-refractivity contribution in [2.75, 3.05) is 31.6 Å². The Bertz CT molecular complexity index is 1010. The fraction of sp³-hybridized carbons (Fsp3) is 0.577. The van der Waals surface area contributed by atoms with Gasteiger partial charge >= 0.3 is 0 Å². The molecule has 1 aromatic carbocycles. The number of hydrogen-bond donors (Lipinski definition) is 1. The summed E-state index contributed by atoms with van der Waals surface area (Å²) in [6.45, 7) is 8.74. The summed E-state index contributed by atoms with van der Waals surface area (Å²) in [6, 6.07) is 10.2. The number of benzene rings is 1. The lowest BCUT2D eigenvalue weighted by atomic mass is 9.62. The van der Waals surface area contributed by atoms with Gasteiger partial charge in [0, 0.05) is 37.0 Å². The first-order valence-corrected chi connectivity index (χ1v) is 11.9. The Morgan fingerprint density at radius 3 is 2.41 bits per heavy atom. The van der Waals surface area contributed by atoms with Crippen molar-refractivity contribution >= 4 is 11.7 Å². The largest absolute Gasteiger partial charge is 0.380 e. The lowest BCUT2D eigenvalue weighted by molar-refractivity contribution is -0.127. The molecule has 1 N–H and O–H groups in total. The van der Waals surface area contributed by atoms with Crippen LogP contribution < -0.4 is 4.90 Å². The van der Waals surface area contributed by atoms with E-state index in [0.29, 0.717) is 42.1 Å². The summed E-state index contributed by atoms with van der Waals surface area (Å²) in [6.07, 6.45) is 4.73. The zero-order chi connectivity index (χ0) is 22.7. The molecule has 6 heteroatoms. The van der Waals surface area contributed by atoms with Gasteiger partial charge in [-0.25, -0.2) is 0 Å². The van der Waals surface area contributed by atoms with Crippen LogP contribution in [0.2, 0.25) is 0 Å². The first kappa shape index (κ1) is 21.5. The lowest BCUT2D eigenvalue weighted by Gasteiger charge is -2.55. The quantitative estimate of drug-likeness (QED) is 0.753. The van der Waals surface area contributed by atoms with Gasteiger partial charge in [-0.05, 0) is 54.8 Å². The fourth-order valence-electron chi connectivity index (χ4n) is 5.87. The zero-order valence-electron chi connectivity index (χ0n) is 19.6. The molecule has 3 fully saturated rings. The van der Waals surface area contributed by atoms with Crippen LogP contribution in [0.4, 0.5) is 5.82 Å². The van der Waals surface area contributed by atoms with Gasteiger partial charge in [-0.2, -0.15) is 5.10 Å². The highest BCUT2D eigenvalue weighted by Gasteiger charge is 2.55. The summed E-state index contributed by atoms with van der Waals surface area (Å²) in [4.78, 5) is 16.7. The maximum atomic E-state index is 12.7. The van der Waals surface area contributed by atoms with Crippen molar-refractivity contribution in [1.29, 1.82) is 0 Å². The van der Waals surface area contributed by atoms with Crippen molar-refractivity contribution in [1.82, 2.24) is 15.1 Å². The van der Waals surface area contributed by atoms with Gasteiger partial charge < -0.3 is 10.0 Å². The molecule has 2 aliphatic heterocycles. The Hall–Kier alpha value is -2.31. The third kappa shape index (κ3) is 3.44. The summed E-state index contributed by atoms with van der Waals surface area (Å²) in [5, 5.41) is 20.9. The first-order chi connectivity index (χ1) is 15.2. The molecule has 0 spiro atoms. The van der Waals surface area contributed by atoms with Gasteiger partial charge in [0.05, 0.1) is 6.20 Å². The third-order valence-electron chi connectivity index (χ3n) is 7.89. The molecule has 3 aliphatic rings. The molecule has 0 bridgehead atoms. The Balaban J connectivity index is 1.54. The van der Waals surface area contributed by atoms with Gasteiger partial charge in [-0.1, -0.05) is 45.0 Å². The van der Waals surface area contributed by atoms with Crippen LogP contribution in [0.3, 0.4) is 0 Å². The van der Waals surface area contributed by atoms with Crippen molar-refractivity contribution in [3.8, 4) is 0 Å². The molecule has 2 aromatic rings. The van der Waals surface area contributed by atoms with Gasteiger partial charge in [0.15, 0.2) is 5.82 Å². The average Bonchev–Trinajstić information content (AvgIpc) is 3.54. The van der Waals surface area contributed by atoms with E-state index in [1.807, 2.05) is 18.2 Å². The van der Waals surface area contributed by atoms with Crippen molar-refractivity contribution in [2.45, 2.75) is 51.6 Å². The number of likely N-dealkylation sites (tertiary alicyclic amines) is 1. The summed E-state index contributed by atoms with van der Waals surface area (Å²) >= 11 is 0. The van der Waals surface area contributed by atoms with Crippen molar-refractivity contribution in [3.63, 3.8) is 0 Å². The number of amides is 1.